The first-order valence-electron chi connectivity index (χ1n) is 5.97. The number of unbranched alkanes of at least 4 members (excludes halogenated alkanes) is 1. The number of rotatable bonds is 5. The van der Waals surface area contributed by atoms with Gasteiger partial charge >= 0.3 is 0 Å². The van der Waals surface area contributed by atoms with Gasteiger partial charge in [0.15, 0.2) is 5.82 Å². The Bertz CT molecular complexity index is 528. The number of hydrogen-bond donors (Lipinski definition) is 0. The molecule has 4 heteroatoms. The fourth-order valence-electron chi connectivity index (χ4n) is 1.83. The van der Waals surface area contributed by atoms with Crippen LogP contribution in [-0.4, -0.2) is 14.8 Å². The number of hydrogen-bond acceptors (Lipinski definition) is 2. The van der Waals surface area contributed by atoms with E-state index in [-0.39, 0.29) is 5.82 Å². The molecular formula is C14H16FN3. The minimum atomic E-state index is -0.243. The fourth-order valence-corrected chi connectivity index (χ4v) is 1.83. The van der Waals surface area contributed by atoms with Gasteiger partial charge in [0, 0.05) is 19.0 Å². The molecule has 0 aliphatic rings. The third-order valence-electron chi connectivity index (χ3n) is 2.88. The molecule has 2 rings (SSSR count). The topological polar surface area (TPSA) is 30.7 Å². The van der Waals surface area contributed by atoms with E-state index in [1.807, 2.05) is 17.7 Å². The summed E-state index contributed by atoms with van der Waals surface area (Å²) < 4.78 is 14.8. The SMILES string of the molecule is C=CCCCc1nnc(-c2ccc(F)cc2)n1C. The van der Waals surface area contributed by atoms with E-state index < -0.39 is 0 Å². The Hall–Kier alpha value is -1.97. The lowest BCUT2D eigenvalue weighted by molar-refractivity contribution is 0.628. The fraction of sp³-hybridized carbons (Fsp3) is 0.286. The van der Waals surface area contributed by atoms with Crippen LogP contribution in [0.1, 0.15) is 18.7 Å². The number of nitrogens with zero attached hydrogens (tertiary/aromatic N) is 3. The Morgan fingerprint density at radius 1 is 1.28 bits per heavy atom. The van der Waals surface area contributed by atoms with E-state index in [1.54, 1.807) is 12.1 Å². The van der Waals surface area contributed by atoms with E-state index in [4.69, 9.17) is 0 Å². The van der Waals surface area contributed by atoms with E-state index in [1.165, 1.54) is 12.1 Å². The van der Waals surface area contributed by atoms with Crippen LogP contribution in [-0.2, 0) is 13.5 Å². The average Bonchev–Trinajstić information content (AvgIpc) is 2.73. The number of aryl methyl sites for hydroxylation is 1. The summed E-state index contributed by atoms with van der Waals surface area (Å²) >= 11 is 0. The van der Waals surface area contributed by atoms with Crippen molar-refractivity contribution in [1.29, 1.82) is 0 Å². The molecule has 2 aromatic rings. The van der Waals surface area contributed by atoms with E-state index in [0.29, 0.717) is 0 Å². The highest BCUT2D eigenvalue weighted by atomic mass is 19.1. The van der Waals surface area contributed by atoms with Crippen LogP contribution < -0.4 is 0 Å². The molecule has 0 amide bonds. The quantitative estimate of drug-likeness (QED) is 0.598. The molecule has 0 spiro atoms. The van der Waals surface area contributed by atoms with Crippen LogP contribution in [0.3, 0.4) is 0 Å². The summed E-state index contributed by atoms with van der Waals surface area (Å²) in [5.74, 6) is 1.46. The monoisotopic (exact) mass is 245 g/mol. The molecule has 18 heavy (non-hydrogen) atoms. The van der Waals surface area contributed by atoms with Crippen LogP contribution in [0.5, 0.6) is 0 Å². The second-order valence-electron chi connectivity index (χ2n) is 4.19. The standard InChI is InChI=1S/C14H16FN3/c1-3-4-5-6-13-16-17-14(18(13)2)11-7-9-12(15)10-8-11/h3,7-10H,1,4-6H2,2H3. The maximum Gasteiger partial charge on any atom is 0.163 e. The first-order valence-corrected chi connectivity index (χ1v) is 5.97. The van der Waals surface area contributed by atoms with Crippen molar-refractivity contribution in [3.63, 3.8) is 0 Å². The van der Waals surface area contributed by atoms with Crippen LogP contribution >= 0.6 is 0 Å². The van der Waals surface area contributed by atoms with Crippen molar-refractivity contribution in [3.05, 3.63) is 48.6 Å². The van der Waals surface area contributed by atoms with Gasteiger partial charge in [0.25, 0.3) is 0 Å². The zero-order valence-electron chi connectivity index (χ0n) is 10.4. The molecule has 0 saturated carbocycles. The summed E-state index contributed by atoms with van der Waals surface area (Å²) in [5, 5.41) is 8.33. The third kappa shape index (κ3) is 2.64. The zero-order valence-corrected chi connectivity index (χ0v) is 10.4. The van der Waals surface area contributed by atoms with Crippen molar-refractivity contribution >= 4 is 0 Å². The molecule has 1 aromatic carbocycles. The lowest BCUT2D eigenvalue weighted by Gasteiger charge is -2.03. The van der Waals surface area contributed by atoms with Crippen LogP contribution in [0.2, 0.25) is 0 Å². The Labute approximate surface area is 106 Å². The Morgan fingerprint density at radius 3 is 2.67 bits per heavy atom. The van der Waals surface area contributed by atoms with Crippen molar-refractivity contribution < 1.29 is 4.39 Å². The van der Waals surface area contributed by atoms with Crippen molar-refractivity contribution in [2.45, 2.75) is 19.3 Å². The van der Waals surface area contributed by atoms with Gasteiger partial charge < -0.3 is 4.57 Å². The van der Waals surface area contributed by atoms with Crippen molar-refractivity contribution in [2.75, 3.05) is 0 Å². The van der Waals surface area contributed by atoms with Crippen LogP contribution in [0.15, 0.2) is 36.9 Å². The lowest BCUT2D eigenvalue weighted by Crippen LogP contribution is -1.99. The molecule has 0 saturated heterocycles. The Morgan fingerprint density at radius 2 is 2.00 bits per heavy atom. The zero-order chi connectivity index (χ0) is 13.0. The van der Waals surface area contributed by atoms with Gasteiger partial charge in [-0.15, -0.1) is 16.8 Å². The Kier molecular flexibility index (Phi) is 3.87. The highest BCUT2D eigenvalue weighted by molar-refractivity contribution is 5.54. The average molecular weight is 245 g/mol. The molecule has 0 bridgehead atoms. The first kappa shape index (κ1) is 12.5. The maximum absolute atomic E-state index is 12.9. The van der Waals surface area contributed by atoms with Gasteiger partial charge in [-0.05, 0) is 37.1 Å². The summed E-state index contributed by atoms with van der Waals surface area (Å²) in [6.07, 6.45) is 4.76. The van der Waals surface area contributed by atoms with E-state index in [9.17, 15) is 4.39 Å². The molecule has 0 N–H and O–H groups in total. The molecule has 0 fully saturated rings. The summed E-state index contributed by atoms with van der Waals surface area (Å²) in [7, 11) is 1.93. The molecule has 94 valence electrons. The predicted octanol–water partition coefficient (Wildman–Crippen LogP) is 3.13. The van der Waals surface area contributed by atoms with E-state index >= 15 is 0 Å². The molecule has 0 atom stereocenters. The molecule has 1 heterocycles. The molecule has 0 aliphatic carbocycles. The largest absolute Gasteiger partial charge is 0.314 e. The van der Waals surface area contributed by atoms with Gasteiger partial charge in [0.1, 0.15) is 11.6 Å². The first-order chi connectivity index (χ1) is 8.72. The van der Waals surface area contributed by atoms with Crippen molar-refractivity contribution in [2.24, 2.45) is 7.05 Å². The van der Waals surface area contributed by atoms with Crippen molar-refractivity contribution in [1.82, 2.24) is 14.8 Å². The molecular weight excluding hydrogens is 229 g/mol. The smallest absolute Gasteiger partial charge is 0.163 e. The molecule has 0 aliphatic heterocycles. The van der Waals surface area contributed by atoms with Gasteiger partial charge in [-0.2, -0.15) is 0 Å². The van der Waals surface area contributed by atoms with Crippen LogP contribution in [0.25, 0.3) is 11.4 Å². The number of halogens is 1. The van der Waals surface area contributed by atoms with Crippen LogP contribution in [0, 0.1) is 5.82 Å². The van der Waals surface area contributed by atoms with Gasteiger partial charge in [-0.3, -0.25) is 0 Å². The van der Waals surface area contributed by atoms with E-state index in [2.05, 4.69) is 16.8 Å². The van der Waals surface area contributed by atoms with Gasteiger partial charge in [0.2, 0.25) is 0 Å². The Balaban J connectivity index is 2.19. The lowest BCUT2D eigenvalue weighted by atomic mass is 10.2. The molecule has 3 nitrogen and oxygen atoms in total. The third-order valence-corrected chi connectivity index (χ3v) is 2.88. The van der Waals surface area contributed by atoms with Gasteiger partial charge in [-0.1, -0.05) is 6.08 Å². The summed E-state index contributed by atoms with van der Waals surface area (Å²) in [4.78, 5) is 0. The summed E-state index contributed by atoms with van der Waals surface area (Å²) in [5.41, 5.74) is 0.876. The maximum atomic E-state index is 12.9. The number of aromatic nitrogens is 3. The second-order valence-corrected chi connectivity index (χ2v) is 4.19. The number of allylic oxidation sites excluding steroid dienone is 1. The van der Waals surface area contributed by atoms with Gasteiger partial charge in [0.05, 0.1) is 0 Å². The molecule has 0 unspecified atom stereocenters. The molecule has 0 radical (unpaired) electrons. The molecule has 1 aromatic heterocycles. The highest BCUT2D eigenvalue weighted by Gasteiger charge is 2.10. The minimum Gasteiger partial charge on any atom is -0.314 e. The normalized spacial score (nSPS) is 10.6. The number of benzene rings is 1. The summed E-state index contributed by atoms with van der Waals surface area (Å²) in [6, 6.07) is 6.29. The highest BCUT2D eigenvalue weighted by Crippen LogP contribution is 2.18. The van der Waals surface area contributed by atoms with E-state index in [0.717, 1.165) is 36.5 Å². The summed E-state index contributed by atoms with van der Waals surface area (Å²) in [6.45, 7) is 3.70. The van der Waals surface area contributed by atoms with Crippen molar-refractivity contribution in [3.8, 4) is 11.4 Å². The minimum absolute atomic E-state index is 0.243. The second kappa shape index (κ2) is 5.58. The van der Waals surface area contributed by atoms with Gasteiger partial charge in [-0.25, -0.2) is 4.39 Å². The predicted molar refractivity (Wildman–Crippen MR) is 69.5 cm³/mol. The van der Waals surface area contributed by atoms with Crippen LogP contribution in [0.4, 0.5) is 4.39 Å².